The van der Waals surface area contributed by atoms with Gasteiger partial charge in [0.15, 0.2) is 0 Å². The summed E-state index contributed by atoms with van der Waals surface area (Å²) in [6, 6.07) is 11.2. The Hall–Kier alpha value is -1.56. The van der Waals surface area contributed by atoms with E-state index in [4.69, 9.17) is 28.5 Å². The summed E-state index contributed by atoms with van der Waals surface area (Å²) in [5.41, 5.74) is 2.87. The monoisotopic (exact) mass is 262 g/mol. The number of nitrogens with zero attached hydrogens (tertiary/aromatic N) is 2. The van der Waals surface area contributed by atoms with E-state index < -0.39 is 0 Å². The van der Waals surface area contributed by atoms with E-state index in [0.717, 1.165) is 11.1 Å². The molecule has 0 aliphatic heterocycles. The van der Waals surface area contributed by atoms with Crippen molar-refractivity contribution in [2.45, 2.75) is 6.92 Å². The van der Waals surface area contributed by atoms with E-state index in [-0.39, 0.29) is 10.7 Å². The molecule has 0 saturated heterocycles. The number of rotatable bonds is 1. The van der Waals surface area contributed by atoms with Crippen molar-refractivity contribution in [1.82, 2.24) is 4.98 Å². The molecule has 1 aromatic heterocycles. The molecule has 0 saturated carbocycles. The molecule has 0 N–H and O–H groups in total. The summed E-state index contributed by atoms with van der Waals surface area (Å²) >= 11 is 12.0. The van der Waals surface area contributed by atoms with Gasteiger partial charge in [0.05, 0.1) is 16.3 Å². The number of aromatic nitrogens is 1. The predicted molar refractivity (Wildman–Crippen MR) is 69.1 cm³/mol. The van der Waals surface area contributed by atoms with Crippen LogP contribution in [0.25, 0.3) is 11.3 Å². The Labute approximate surface area is 109 Å². The number of benzene rings is 1. The van der Waals surface area contributed by atoms with Gasteiger partial charge in [-0.15, -0.1) is 0 Å². The number of halogens is 2. The van der Waals surface area contributed by atoms with E-state index in [1.165, 1.54) is 0 Å². The highest BCUT2D eigenvalue weighted by atomic mass is 35.5. The third kappa shape index (κ3) is 2.26. The zero-order valence-electron chi connectivity index (χ0n) is 9.04. The van der Waals surface area contributed by atoms with E-state index in [1.807, 2.05) is 37.3 Å². The van der Waals surface area contributed by atoms with Gasteiger partial charge in [0.1, 0.15) is 11.2 Å². The number of hydrogen-bond acceptors (Lipinski definition) is 2. The second-order valence-corrected chi connectivity index (χ2v) is 4.35. The largest absolute Gasteiger partial charge is 0.233 e. The second-order valence-electron chi connectivity index (χ2n) is 3.58. The van der Waals surface area contributed by atoms with Gasteiger partial charge in [-0.2, -0.15) is 5.26 Å². The maximum absolute atomic E-state index is 8.83. The molecule has 0 aliphatic rings. The van der Waals surface area contributed by atoms with Crippen LogP contribution in [0, 0.1) is 18.3 Å². The molecule has 2 rings (SSSR count). The molecule has 84 valence electrons. The highest BCUT2D eigenvalue weighted by molar-refractivity contribution is 6.35. The van der Waals surface area contributed by atoms with Gasteiger partial charge in [0.2, 0.25) is 0 Å². The van der Waals surface area contributed by atoms with Crippen molar-refractivity contribution >= 4 is 23.2 Å². The molecule has 0 radical (unpaired) electrons. The molecule has 17 heavy (non-hydrogen) atoms. The van der Waals surface area contributed by atoms with Crippen LogP contribution in [0.1, 0.15) is 11.1 Å². The first-order valence-electron chi connectivity index (χ1n) is 4.95. The van der Waals surface area contributed by atoms with Gasteiger partial charge < -0.3 is 0 Å². The second kappa shape index (κ2) is 4.75. The quantitative estimate of drug-likeness (QED) is 0.721. The molecular formula is C13H8Cl2N2. The molecule has 0 spiro atoms. The molecule has 0 amide bonds. The van der Waals surface area contributed by atoms with Crippen LogP contribution in [0.5, 0.6) is 0 Å². The van der Waals surface area contributed by atoms with E-state index >= 15 is 0 Å². The Morgan fingerprint density at radius 3 is 2.59 bits per heavy atom. The van der Waals surface area contributed by atoms with Crippen LogP contribution in [-0.4, -0.2) is 4.98 Å². The smallest absolute Gasteiger partial charge is 0.147 e. The maximum atomic E-state index is 8.83. The van der Waals surface area contributed by atoms with E-state index in [0.29, 0.717) is 10.7 Å². The van der Waals surface area contributed by atoms with Crippen LogP contribution in [0.3, 0.4) is 0 Å². The molecule has 0 aliphatic carbocycles. The highest BCUT2D eigenvalue weighted by Gasteiger charge is 2.12. The van der Waals surface area contributed by atoms with Crippen LogP contribution in [-0.2, 0) is 0 Å². The summed E-state index contributed by atoms with van der Waals surface area (Å²) in [5.74, 6) is 0. The average Bonchev–Trinajstić information content (AvgIpc) is 2.32. The first kappa shape index (κ1) is 11.9. The van der Waals surface area contributed by atoms with Crippen LogP contribution < -0.4 is 0 Å². The average molecular weight is 263 g/mol. The van der Waals surface area contributed by atoms with Gasteiger partial charge in [0, 0.05) is 5.56 Å². The molecule has 1 aromatic carbocycles. The summed E-state index contributed by atoms with van der Waals surface area (Å²) in [6.07, 6.45) is 0. The molecule has 0 fully saturated rings. The van der Waals surface area contributed by atoms with E-state index in [9.17, 15) is 0 Å². The van der Waals surface area contributed by atoms with Crippen molar-refractivity contribution in [3.05, 3.63) is 51.6 Å². The van der Waals surface area contributed by atoms with Gasteiger partial charge in [0.25, 0.3) is 0 Å². The summed E-state index contributed by atoms with van der Waals surface area (Å²) in [6.45, 7) is 1.97. The van der Waals surface area contributed by atoms with Crippen molar-refractivity contribution in [2.24, 2.45) is 0 Å². The molecule has 0 atom stereocenters. The Balaban J connectivity index is 2.66. The van der Waals surface area contributed by atoms with Crippen LogP contribution >= 0.6 is 23.2 Å². The van der Waals surface area contributed by atoms with Crippen molar-refractivity contribution < 1.29 is 0 Å². The molecule has 4 heteroatoms. The minimum atomic E-state index is 0.176. The lowest BCUT2D eigenvalue weighted by Gasteiger charge is -2.08. The summed E-state index contributed by atoms with van der Waals surface area (Å²) in [5, 5.41) is 9.43. The lowest BCUT2D eigenvalue weighted by atomic mass is 10.0. The molecule has 0 bridgehead atoms. The number of aryl methyl sites for hydroxylation is 1. The summed E-state index contributed by atoms with van der Waals surface area (Å²) in [4.78, 5) is 4.19. The third-order valence-corrected chi connectivity index (χ3v) is 3.03. The van der Waals surface area contributed by atoms with Crippen LogP contribution in [0.2, 0.25) is 10.2 Å². The molecule has 2 aromatic rings. The van der Waals surface area contributed by atoms with E-state index in [1.54, 1.807) is 6.07 Å². The zero-order chi connectivity index (χ0) is 12.4. The number of hydrogen-bond donors (Lipinski definition) is 0. The van der Waals surface area contributed by atoms with Gasteiger partial charge >= 0.3 is 0 Å². The fourth-order valence-corrected chi connectivity index (χ4v) is 2.01. The summed E-state index contributed by atoms with van der Waals surface area (Å²) < 4.78 is 0. The van der Waals surface area contributed by atoms with Crippen LogP contribution in [0.15, 0.2) is 30.3 Å². The minimum absolute atomic E-state index is 0.176. The molecule has 1 heterocycles. The fourth-order valence-electron chi connectivity index (χ4n) is 1.57. The van der Waals surface area contributed by atoms with Crippen molar-refractivity contribution in [1.29, 1.82) is 5.26 Å². The Morgan fingerprint density at radius 1 is 1.24 bits per heavy atom. The number of pyridine rings is 1. The Bertz CT molecular complexity index is 615. The third-order valence-electron chi connectivity index (χ3n) is 2.45. The SMILES string of the molecule is Cc1ccccc1-c1nc(Cl)c(C#N)cc1Cl. The first-order valence-corrected chi connectivity index (χ1v) is 5.71. The molecular weight excluding hydrogens is 255 g/mol. The minimum Gasteiger partial charge on any atom is -0.233 e. The fraction of sp³-hybridized carbons (Fsp3) is 0.0769. The maximum Gasteiger partial charge on any atom is 0.147 e. The molecule has 2 nitrogen and oxygen atoms in total. The van der Waals surface area contributed by atoms with Gasteiger partial charge in [-0.3, -0.25) is 0 Å². The van der Waals surface area contributed by atoms with Gasteiger partial charge in [-0.05, 0) is 18.6 Å². The van der Waals surface area contributed by atoms with Crippen LogP contribution in [0.4, 0.5) is 0 Å². The van der Waals surface area contributed by atoms with E-state index in [2.05, 4.69) is 4.98 Å². The zero-order valence-corrected chi connectivity index (χ0v) is 10.5. The van der Waals surface area contributed by atoms with Gasteiger partial charge in [-0.25, -0.2) is 4.98 Å². The normalized spacial score (nSPS) is 10.0. The Morgan fingerprint density at radius 2 is 1.94 bits per heavy atom. The lowest BCUT2D eigenvalue weighted by molar-refractivity contribution is 1.28. The predicted octanol–water partition coefficient (Wildman–Crippen LogP) is 4.24. The first-order chi connectivity index (χ1) is 8.13. The van der Waals surface area contributed by atoms with Crippen molar-refractivity contribution in [2.75, 3.05) is 0 Å². The van der Waals surface area contributed by atoms with Crippen molar-refractivity contribution in [3.8, 4) is 17.3 Å². The molecule has 0 unspecified atom stereocenters. The standard InChI is InChI=1S/C13H8Cl2N2/c1-8-4-2-3-5-10(8)12-11(14)6-9(7-16)13(15)17-12/h2-6H,1H3. The lowest BCUT2D eigenvalue weighted by Crippen LogP contribution is -1.91. The van der Waals surface area contributed by atoms with Crippen molar-refractivity contribution in [3.63, 3.8) is 0 Å². The topological polar surface area (TPSA) is 36.7 Å². The summed E-state index contributed by atoms with van der Waals surface area (Å²) in [7, 11) is 0. The van der Waals surface area contributed by atoms with Gasteiger partial charge in [-0.1, -0.05) is 47.5 Å². The Kier molecular flexibility index (Phi) is 3.33. The highest BCUT2D eigenvalue weighted by Crippen LogP contribution is 2.31. The number of nitriles is 1.